The fourth-order valence-corrected chi connectivity index (χ4v) is 2.61. The molecule has 0 aliphatic rings. The average Bonchev–Trinajstić information content (AvgIpc) is 2.99. The summed E-state index contributed by atoms with van der Waals surface area (Å²) in [5.74, 6) is 0. The first kappa shape index (κ1) is 15.9. The Morgan fingerprint density at radius 3 is 2.12 bits per heavy atom. The molecule has 0 saturated heterocycles. The van der Waals surface area contributed by atoms with Crippen molar-refractivity contribution < 1.29 is 0 Å². The molecule has 0 aliphatic carbocycles. The van der Waals surface area contributed by atoms with E-state index >= 15 is 0 Å². The number of nitrogens with zero attached hydrogens (tertiary/aromatic N) is 4. The molecule has 0 fully saturated rings. The molecule has 1 aromatic heterocycles. The van der Waals surface area contributed by atoms with Crippen molar-refractivity contribution in [3.63, 3.8) is 0 Å². The van der Waals surface area contributed by atoms with E-state index in [1.165, 1.54) is 11.1 Å². The van der Waals surface area contributed by atoms with Gasteiger partial charge >= 0.3 is 0 Å². The van der Waals surface area contributed by atoms with Crippen molar-refractivity contribution in [3.05, 3.63) is 65.4 Å². The van der Waals surface area contributed by atoms with Crippen LogP contribution in [0.15, 0.2) is 48.5 Å². The summed E-state index contributed by atoms with van der Waals surface area (Å²) >= 11 is 0. The molecule has 0 aliphatic heterocycles. The maximum absolute atomic E-state index is 9.40. The second-order valence-corrected chi connectivity index (χ2v) is 6.97. The van der Waals surface area contributed by atoms with Crippen LogP contribution < -0.4 is 0 Å². The van der Waals surface area contributed by atoms with Gasteiger partial charge in [-0.05, 0) is 30.0 Å². The molecule has 3 rings (SSSR count). The summed E-state index contributed by atoms with van der Waals surface area (Å²) in [5.41, 5.74) is 5.40. The van der Waals surface area contributed by atoms with Crippen LogP contribution in [0.4, 0.5) is 0 Å². The minimum absolute atomic E-state index is 0.0893. The van der Waals surface area contributed by atoms with Gasteiger partial charge in [-0.3, -0.25) is 0 Å². The third-order valence-electron chi connectivity index (χ3n) is 4.08. The van der Waals surface area contributed by atoms with Gasteiger partial charge in [-0.2, -0.15) is 5.26 Å². The Morgan fingerprint density at radius 1 is 0.958 bits per heavy atom. The van der Waals surface area contributed by atoms with Crippen LogP contribution in [0, 0.1) is 18.3 Å². The van der Waals surface area contributed by atoms with Crippen molar-refractivity contribution in [2.75, 3.05) is 0 Å². The molecule has 0 N–H and O–H groups in total. The predicted octanol–water partition coefficient (Wildman–Crippen LogP) is 4.41. The fourth-order valence-electron chi connectivity index (χ4n) is 2.61. The average molecular weight is 316 g/mol. The third-order valence-corrected chi connectivity index (χ3v) is 4.08. The summed E-state index contributed by atoms with van der Waals surface area (Å²) in [5, 5.41) is 17.6. The van der Waals surface area contributed by atoms with Crippen molar-refractivity contribution >= 4 is 0 Å². The highest BCUT2D eigenvalue weighted by Crippen LogP contribution is 2.28. The van der Waals surface area contributed by atoms with Crippen LogP contribution in [0.2, 0.25) is 0 Å². The molecule has 3 aromatic rings. The highest BCUT2D eigenvalue weighted by molar-refractivity contribution is 5.67. The van der Waals surface area contributed by atoms with Gasteiger partial charge in [0.25, 0.3) is 0 Å². The van der Waals surface area contributed by atoms with Gasteiger partial charge in [-0.15, -0.1) is 5.10 Å². The number of hydrogen-bond donors (Lipinski definition) is 0. The first-order chi connectivity index (χ1) is 11.4. The lowest BCUT2D eigenvalue weighted by molar-refractivity contribution is 0.590. The number of nitriles is 1. The Morgan fingerprint density at radius 2 is 1.58 bits per heavy atom. The van der Waals surface area contributed by atoms with E-state index < -0.39 is 0 Å². The van der Waals surface area contributed by atoms with Crippen LogP contribution in [0.5, 0.6) is 0 Å². The molecule has 0 radical (unpaired) electrons. The summed E-state index contributed by atoms with van der Waals surface area (Å²) < 4.78 is 1.73. The Balaban J connectivity index is 2.12. The molecule has 0 atom stereocenters. The third kappa shape index (κ3) is 2.93. The first-order valence-corrected chi connectivity index (χ1v) is 7.94. The molecule has 0 unspecified atom stereocenters. The SMILES string of the molecule is Cc1ccc(-n2nnc(C#N)c2-c2ccc(C(C)(C)C)cc2)cc1. The van der Waals surface area contributed by atoms with Gasteiger partial charge in [0, 0.05) is 5.56 Å². The number of benzene rings is 2. The van der Waals surface area contributed by atoms with E-state index in [1.807, 2.05) is 43.3 Å². The molecular formula is C20H20N4. The molecular weight excluding hydrogens is 296 g/mol. The molecule has 4 heteroatoms. The molecule has 1 heterocycles. The van der Waals surface area contributed by atoms with Crippen molar-refractivity contribution in [2.24, 2.45) is 0 Å². The first-order valence-electron chi connectivity index (χ1n) is 7.94. The molecule has 2 aromatic carbocycles. The zero-order valence-corrected chi connectivity index (χ0v) is 14.4. The molecule has 4 nitrogen and oxygen atoms in total. The number of aryl methyl sites for hydroxylation is 1. The quantitative estimate of drug-likeness (QED) is 0.703. The van der Waals surface area contributed by atoms with Gasteiger partial charge in [-0.1, -0.05) is 67.9 Å². The monoisotopic (exact) mass is 316 g/mol. The van der Waals surface area contributed by atoms with E-state index in [4.69, 9.17) is 0 Å². The molecule has 0 amide bonds. The van der Waals surface area contributed by atoms with Crippen LogP contribution in [0.1, 0.15) is 37.6 Å². The van der Waals surface area contributed by atoms with Crippen LogP contribution >= 0.6 is 0 Å². The molecule has 0 bridgehead atoms. The van der Waals surface area contributed by atoms with Crippen LogP contribution in [0.25, 0.3) is 16.9 Å². The minimum atomic E-state index is 0.0893. The van der Waals surface area contributed by atoms with Gasteiger partial charge in [-0.25, -0.2) is 4.68 Å². The Hall–Kier alpha value is -2.93. The molecule has 120 valence electrons. The molecule has 0 saturated carbocycles. The van der Waals surface area contributed by atoms with Crippen molar-refractivity contribution in [1.82, 2.24) is 15.0 Å². The van der Waals surface area contributed by atoms with E-state index in [2.05, 4.69) is 49.3 Å². The van der Waals surface area contributed by atoms with Gasteiger partial charge in [0.15, 0.2) is 5.69 Å². The van der Waals surface area contributed by atoms with Crippen molar-refractivity contribution in [2.45, 2.75) is 33.1 Å². The summed E-state index contributed by atoms with van der Waals surface area (Å²) in [6.07, 6.45) is 0. The predicted molar refractivity (Wildman–Crippen MR) is 94.9 cm³/mol. The highest BCUT2D eigenvalue weighted by atomic mass is 15.4. The lowest BCUT2D eigenvalue weighted by Crippen LogP contribution is -2.10. The van der Waals surface area contributed by atoms with E-state index in [9.17, 15) is 5.26 Å². The van der Waals surface area contributed by atoms with Gasteiger partial charge in [0.2, 0.25) is 0 Å². The number of hydrogen-bond acceptors (Lipinski definition) is 3. The zero-order valence-electron chi connectivity index (χ0n) is 14.4. The van der Waals surface area contributed by atoms with E-state index in [-0.39, 0.29) is 5.41 Å². The Kier molecular flexibility index (Phi) is 3.94. The maximum Gasteiger partial charge on any atom is 0.191 e. The summed E-state index contributed by atoms with van der Waals surface area (Å²) in [7, 11) is 0. The minimum Gasteiger partial charge on any atom is -0.211 e. The zero-order chi connectivity index (χ0) is 17.3. The van der Waals surface area contributed by atoms with Crippen molar-refractivity contribution in [3.8, 4) is 23.0 Å². The van der Waals surface area contributed by atoms with Crippen LogP contribution in [-0.2, 0) is 5.41 Å². The normalized spacial score (nSPS) is 11.3. The van der Waals surface area contributed by atoms with E-state index in [1.54, 1.807) is 4.68 Å². The maximum atomic E-state index is 9.40. The van der Waals surface area contributed by atoms with Crippen LogP contribution in [0.3, 0.4) is 0 Å². The Bertz CT molecular complexity index is 889. The lowest BCUT2D eigenvalue weighted by Gasteiger charge is -2.19. The second kappa shape index (κ2) is 5.93. The lowest BCUT2D eigenvalue weighted by atomic mass is 9.86. The van der Waals surface area contributed by atoms with E-state index in [0.717, 1.165) is 16.9 Å². The summed E-state index contributed by atoms with van der Waals surface area (Å²) in [6, 6.07) is 18.4. The smallest absolute Gasteiger partial charge is 0.191 e. The van der Waals surface area contributed by atoms with Gasteiger partial charge in [0.1, 0.15) is 11.8 Å². The fraction of sp³-hybridized carbons (Fsp3) is 0.250. The topological polar surface area (TPSA) is 54.5 Å². The number of aromatic nitrogens is 3. The number of rotatable bonds is 2. The van der Waals surface area contributed by atoms with Gasteiger partial charge in [0.05, 0.1) is 5.69 Å². The standard InChI is InChI=1S/C20H20N4/c1-14-5-11-17(12-6-14)24-19(18(13-21)22-23-24)15-7-9-16(10-8-15)20(2,3)4/h5-12H,1-4H3. The van der Waals surface area contributed by atoms with Crippen LogP contribution in [-0.4, -0.2) is 15.0 Å². The second-order valence-electron chi connectivity index (χ2n) is 6.97. The van der Waals surface area contributed by atoms with Crippen molar-refractivity contribution in [1.29, 1.82) is 5.26 Å². The molecule has 24 heavy (non-hydrogen) atoms. The highest BCUT2D eigenvalue weighted by Gasteiger charge is 2.18. The largest absolute Gasteiger partial charge is 0.211 e. The molecule has 0 spiro atoms. The summed E-state index contributed by atoms with van der Waals surface area (Å²) in [6.45, 7) is 8.58. The summed E-state index contributed by atoms with van der Waals surface area (Å²) in [4.78, 5) is 0. The van der Waals surface area contributed by atoms with E-state index in [0.29, 0.717) is 5.69 Å². The van der Waals surface area contributed by atoms with Gasteiger partial charge < -0.3 is 0 Å². The Labute approximate surface area is 142 Å².